The molecule has 0 radical (unpaired) electrons. The second-order valence-corrected chi connectivity index (χ2v) is 7.17. The van der Waals surface area contributed by atoms with E-state index in [0.29, 0.717) is 0 Å². The van der Waals surface area contributed by atoms with Gasteiger partial charge in [-0.1, -0.05) is 90.9 Å². The first-order valence-corrected chi connectivity index (χ1v) is 11.1. The van der Waals surface area contributed by atoms with Crippen molar-refractivity contribution in [2.75, 3.05) is 26.4 Å². The topological polar surface area (TPSA) is 18.5 Å². The molecule has 0 spiro atoms. The van der Waals surface area contributed by atoms with Gasteiger partial charge >= 0.3 is 0 Å². The molecule has 0 heterocycles. The van der Waals surface area contributed by atoms with E-state index in [1.807, 2.05) is 0 Å². The van der Waals surface area contributed by atoms with Gasteiger partial charge in [-0.2, -0.15) is 0 Å². The molecule has 24 heavy (non-hydrogen) atoms. The lowest BCUT2D eigenvalue weighted by Crippen LogP contribution is -1.98. The zero-order valence-electron chi connectivity index (χ0n) is 17.0. The van der Waals surface area contributed by atoms with Crippen molar-refractivity contribution in [1.29, 1.82) is 0 Å². The van der Waals surface area contributed by atoms with E-state index in [9.17, 15) is 0 Å². The predicted octanol–water partition coefficient (Wildman–Crippen LogP) is 7.30. The minimum atomic E-state index is 0.967. The van der Waals surface area contributed by atoms with Crippen LogP contribution in [0.2, 0.25) is 0 Å². The van der Waals surface area contributed by atoms with Crippen molar-refractivity contribution >= 4 is 0 Å². The lowest BCUT2D eigenvalue weighted by atomic mass is 10.1. The molecule has 0 unspecified atom stereocenters. The van der Waals surface area contributed by atoms with Gasteiger partial charge in [0.05, 0.1) is 0 Å². The lowest BCUT2D eigenvalue weighted by Gasteiger charge is -2.05. The Morgan fingerprint density at radius 2 is 0.583 bits per heavy atom. The van der Waals surface area contributed by atoms with E-state index >= 15 is 0 Å². The average Bonchev–Trinajstić information content (AvgIpc) is 2.60. The maximum atomic E-state index is 5.70. The smallest absolute Gasteiger partial charge is 0.0466 e. The third kappa shape index (κ3) is 21.9. The normalized spacial score (nSPS) is 11.2. The zero-order chi connectivity index (χ0) is 17.6. The standard InChI is InChI=1S/C22H46O2/c1-3-5-7-11-15-19-23-21-17-13-9-10-14-18-22-24-20-16-12-8-6-4-2/h3-22H2,1-2H3. The first-order chi connectivity index (χ1) is 11.9. The Kier molecular flexibility index (Phi) is 22.8. The monoisotopic (exact) mass is 342 g/mol. The number of rotatable bonds is 21. The first-order valence-electron chi connectivity index (χ1n) is 11.1. The summed E-state index contributed by atoms with van der Waals surface area (Å²) in [5.41, 5.74) is 0. The fourth-order valence-electron chi connectivity index (χ4n) is 2.93. The van der Waals surface area contributed by atoms with Crippen LogP contribution in [0.1, 0.15) is 117 Å². The highest BCUT2D eigenvalue weighted by atomic mass is 16.5. The minimum absolute atomic E-state index is 0.967. The number of unbranched alkanes of at least 4 members (excludes halogenated alkanes) is 13. The zero-order valence-corrected chi connectivity index (χ0v) is 17.0. The number of hydrogen-bond donors (Lipinski definition) is 0. The van der Waals surface area contributed by atoms with Gasteiger partial charge in [-0.25, -0.2) is 0 Å². The van der Waals surface area contributed by atoms with E-state index in [2.05, 4.69) is 13.8 Å². The Labute approximate surface area is 153 Å². The average molecular weight is 343 g/mol. The maximum absolute atomic E-state index is 5.70. The Bertz CT molecular complexity index is 184. The summed E-state index contributed by atoms with van der Waals surface area (Å²) in [6.45, 7) is 8.40. The third-order valence-corrected chi connectivity index (χ3v) is 4.61. The fourth-order valence-corrected chi connectivity index (χ4v) is 2.93. The quantitative estimate of drug-likeness (QED) is 0.204. The van der Waals surface area contributed by atoms with Crippen LogP contribution in [0.25, 0.3) is 0 Å². The molecule has 0 bridgehead atoms. The molecule has 0 rings (SSSR count). The van der Waals surface area contributed by atoms with Gasteiger partial charge in [-0.05, 0) is 25.7 Å². The third-order valence-electron chi connectivity index (χ3n) is 4.61. The molecule has 0 aliphatic carbocycles. The van der Waals surface area contributed by atoms with Crippen molar-refractivity contribution in [2.24, 2.45) is 0 Å². The fraction of sp³-hybridized carbons (Fsp3) is 1.00. The molecule has 0 aliphatic rings. The number of ether oxygens (including phenoxy) is 2. The van der Waals surface area contributed by atoms with Gasteiger partial charge in [0, 0.05) is 26.4 Å². The van der Waals surface area contributed by atoms with Gasteiger partial charge in [-0.15, -0.1) is 0 Å². The van der Waals surface area contributed by atoms with Crippen LogP contribution in [-0.4, -0.2) is 26.4 Å². The molecule has 0 saturated carbocycles. The molecule has 0 saturated heterocycles. The van der Waals surface area contributed by atoms with E-state index in [1.54, 1.807) is 0 Å². The van der Waals surface area contributed by atoms with Crippen LogP contribution in [0, 0.1) is 0 Å². The Balaban J connectivity index is 2.93. The van der Waals surface area contributed by atoms with Crippen LogP contribution >= 0.6 is 0 Å². The molecule has 0 fully saturated rings. The molecule has 0 atom stereocenters. The summed E-state index contributed by atoms with van der Waals surface area (Å²) >= 11 is 0. The van der Waals surface area contributed by atoms with Crippen molar-refractivity contribution in [3.8, 4) is 0 Å². The summed E-state index contributed by atoms with van der Waals surface area (Å²) in [5.74, 6) is 0. The Morgan fingerprint density at radius 1 is 0.333 bits per heavy atom. The van der Waals surface area contributed by atoms with Gasteiger partial charge in [0.2, 0.25) is 0 Å². The molecule has 0 N–H and O–H groups in total. The van der Waals surface area contributed by atoms with E-state index in [0.717, 1.165) is 26.4 Å². The largest absolute Gasteiger partial charge is 0.381 e. The molecule has 2 nitrogen and oxygen atoms in total. The van der Waals surface area contributed by atoms with Crippen LogP contribution in [0.5, 0.6) is 0 Å². The SMILES string of the molecule is CCCCCCCOCCCCCCCCOCCCCCCC. The van der Waals surface area contributed by atoms with Gasteiger partial charge in [0.15, 0.2) is 0 Å². The van der Waals surface area contributed by atoms with Crippen molar-refractivity contribution < 1.29 is 9.47 Å². The molecule has 0 aromatic heterocycles. The molecular formula is C22H46O2. The highest BCUT2D eigenvalue weighted by Gasteiger charge is 1.94. The van der Waals surface area contributed by atoms with E-state index < -0.39 is 0 Å². The molecular weight excluding hydrogens is 296 g/mol. The molecule has 0 amide bonds. The van der Waals surface area contributed by atoms with Crippen molar-refractivity contribution in [3.05, 3.63) is 0 Å². The van der Waals surface area contributed by atoms with Gasteiger partial charge in [0.1, 0.15) is 0 Å². The van der Waals surface area contributed by atoms with Crippen molar-refractivity contribution in [3.63, 3.8) is 0 Å². The predicted molar refractivity (Wildman–Crippen MR) is 107 cm³/mol. The highest BCUT2D eigenvalue weighted by Crippen LogP contribution is 2.07. The van der Waals surface area contributed by atoms with Crippen molar-refractivity contribution in [2.45, 2.75) is 117 Å². The molecule has 0 aromatic carbocycles. The molecule has 146 valence electrons. The second kappa shape index (κ2) is 22.9. The van der Waals surface area contributed by atoms with Crippen LogP contribution in [0.4, 0.5) is 0 Å². The summed E-state index contributed by atoms with van der Waals surface area (Å²) in [6.07, 6.45) is 21.2. The van der Waals surface area contributed by atoms with Crippen LogP contribution in [0.3, 0.4) is 0 Å². The highest BCUT2D eigenvalue weighted by molar-refractivity contribution is 4.47. The summed E-state index contributed by atoms with van der Waals surface area (Å²) in [5, 5.41) is 0. The van der Waals surface area contributed by atoms with Gasteiger partial charge in [0.25, 0.3) is 0 Å². The first kappa shape index (κ1) is 23.9. The minimum Gasteiger partial charge on any atom is -0.381 e. The lowest BCUT2D eigenvalue weighted by molar-refractivity contribution is 0.123. The summed E-state index contributed by atoms with van der Waals surface area (Å²) in [4.78, 5) is 0. The van der Waals surface area contributed by atoms with Gasteiger partial charge < -0.3 is 9.47 Å². The van der Waals surface area contributed by atoms with E-state index in [1.165, 1.54) is 103 Å². The van der Waals surface area contributed by atoms with Crippen LogP contribution in [-0.2, 0) is 9.47 Å². The van der Waals surface area contributed by atoms with E-state index in [-0.39, 0.29) is 0 Å². The van der Waals surface area contributed by atoms with Crippen LogP contribution < -0.4 is 0 Å². The van der Waals surface area contributed by atoms with E-state index in [4.69, 9.17) is 9.47 Å². The Morgan fingerprint density at radius 3 is 0.875 bits per heavy atom. The van der Waals surface area contributed by atoms with Gasteiger partial charge in [-0.3, -0.25) is 0 Å². The molecule has 0 aromatic rings. The Hall–Kier alpha value is -0.0800. The second-order valence-electron chi connectivity index (χ2n) is 7.17. The maximum Gasteiger partial charge on any atom is 0.0466 e. The summed E-state index contributed by atoms with van der Waals surface area (Å²) < 4.78 is 11.4. The van der Waals surface area contributed by atoms with Crippen molar-refractivity contribution in [1.82, 2.24) is 0 Å². The summed E-state index contributed by atoms with van der Waals surface area (Å²) in [7, 11) is 0. The number of hydrogen-bond acceptors (Lipinski definition) is 2. The van der Waals surface area contributed by atoms with Crippen LogP contribution in [0.15, 0.2) is 0 Å². The molecule has 0 aliphatic heterocycles. The molecule has 2 heteroatoms. The summed E-state index contributed by atoms with van der Waals surface area (Å²) in [6, 6.07) is 0.